The molecule has 0 aromatic heterocycles. The topological polar surface area (TPSA) is 114 Å². The normalized spacial score (nSPS) is 13.8. The number of oxime groups is 1. The van der Waals surface area contributed by atoms with Gasteiger partial charge in [0.15, 0.2) is 5.71 Å². The van der Waals surface area contributed by atoms with Gasteiger partial charge in [-0.2, -0.15) is 0 Å². The molecule has 8 heteroatoms. The summed E-state index contributed by atoms with van der Waals surface area (Å²) in [5, 5.41) is 23.9. The minimum Gasteiger partial charge on any atom is -0.410 e. The summed E-state index contributed by atoms with van der Waals surface area (Å²) in [6.07, 6.45) is 2.18. The molecule has 0 fully saturated rings. The van der Waals surface area contributed by atoms with Gasteiger partial charge in [0.05, 0.1) is 0 Å². The number of nitro groups is 1. The van der Waals surface area contributed by atoms with E-state index in [4.69, 9.17) is 5.21 Å². The molecule has 0 spiro atoms. The molecule has 0 heterocycles. The second-order valence-electron chi connectivity index (χ2n) is 2.73. The highest BCUT2D eigenvalue weighted by atomic mass is 16.6. The Morgan fingerprint density at radius 2 is 2.38 bits per heavy atom. The predicted molar refractivity (Wildman–Crippen MR) is 55.1 cm³/mol. The van der Waals surface area contributed by atoms with Gasteiger partial charge in [0.2, 0.25) is 0 Å². The molecular formula is C8H13N3O5. The second kappa shape index (κ2) is 7.35. The average molecular weight is 231 g/mol. The number of methoxy groups -OCH3 is 1. The smallest absolute Gasteiger partial charge is 0.273 e. The Morgan fingerprint density at radius 3 is 2.75 bits per heavy atom. The Kier molecular flexibility index (Phi) is 6.45. The van der Waals surface area contributed by atoms with Crippen molar-refractivity contribution in [2.75, 3.05) is 20.8 Å². The summed E-state index contributed by atoms with van der Waals surface area (Å²) >= 11 is 0. The molecule has 0 aliphatic heterocycles. The molecule has 0 saturated heterocycles. The van der Waals surface area contributed by atoms with E-state index in [9.17, 15) is 14.9 Å². The number of carbonyl (C=O) groups excluding carboxylic acids is 1. The first-order valence-electron chi connectivity index (χ1n) is 4.31. The summed E-state index contributed by atoms with van der Waals surface area (Å²) in [7, 11) is 2.67. The highest BCUT2D eigenvalue weighted by Crippen LogP contribution is 1.95. The molecule has 0 bridgehead atoms. The summed E-state index contributed by atoms with van der Waals surface area (Å²) in [5.74, 6) is -0.640. The Labute approximate surface area is 91.7 Å². The van der Waals surface area contributed by atoms with Gasteiger partial charge in [0.1, 0.15) is 6.61 Å². The molecule has 0 aliphatic rings. The zero-order valence-electron chi connectivity index (χ0n) is 8.91. The third-order valence-electron chi connectivity index (χ3n) is 1.65. The van der Waals surface area contributed by atoms with E-state index >= 15 is 0 Å². The van der Waals surface area contributed by atoms with E-state index in [-0.39, 0.29) is 12.3 Å². The Hall–Kier alpha value is -1.96. The molecule has 16 heavy (non-hydrogen) atoms. The zero-order chi connectivity index (χ0) is 12.6. The van der Waals surface area contributed by atoms with Gasteiger partial charge in [-0.25, -0.2) is 0 Å². The minimum atomic E-state index is -1.09. The highest BCUT2D eigenvalue weighted by molar-refractivity contribution is 6.43. The van der Waals surface area contributed by atoms with Crippen LogP contribution in [0.1, 0.15) is 0 Å². The van der Waals surface area contributed by atoms with Crippen molar-refractivity contribution in [1.29, 1.82) is 0 Å². The summed E-state index contributed by atoms with van der Waals surface area (Å²) in [5.41, 5.74) is -0.314. The first-order valence-corrected chi connectivity index (χ1v) is 4.31. The molecule has 0 aliphatic carbocycles. The second-order valence-corrected chi connectivity index (χ2v) is 2.73. The van der Waals surface area contributed by atoms with E-state index in [1.165, 1.54) is 14.2 Å². The van der Waals surface area contributed by atoms with E-state index in [1.54, 1.807) is 0 Å². The number of rotatable bonds is 6. The van der Waals surface area contributed by atoms with Gasteiger partial charge in [-0.15, -0.1) is 0 Å². The minimum absolute atomic E-state index is 0.129. The van der Waals surface area contributed by atoms with Gasteiger partial charge in [0.25, 0.3) is 11.9 Å². The molecule has 2 N–H and O–H groups in total. The molecule has 0 aromatic rings. The van der Waals surface area contributed by atoms with Crippen molar-refractivity contribution < 1.29 is 19.7 Å². The number of nitrogens with one attached hydrogen (secondary N) is 1. The molecule has 90 valence electrons. The van der Waals surface area contributed by atoms with Crippen LogP contribution in [-0.2, 0) is 9.53 Å². The first-order chi connectivity index (χ1) is 7.56. The van der Waals surface area contributed by atoms with Gasteiger partial charge >= 0.3 is 0 Å². The number of hydrogen-bond donors (Lipinski definition) is 2. The standard InChI is InChI=1S/C8H13N3O5/c1-9-8(12)7(10-13)4-3-6(5-16-2)11(14)15/h3-4,6,13H,5H2,1-2H3,(H,9,12)/b4-3?,10-7+. The summed E-state index contributed by atoms with van der Waals surface area (Å²) < 4.78 is 4.62. The monoisotopic (exact) mass is 231 g/mol. The maximum absolute atomic E-state index is 11.0. The van der Waals surface area contributed by atoms with Gasteiger partial charge in [0, 0.05) is 19.1 Å². The fourth-order valence-corrected chi connectivity index (χ4v) is 0.842. The molecule has 0 saturated carbocycles. The lowest BCUT2D eigenvalue weighted by Crippen LogP contribution is -2.27. The van der Waals surface area contributed by atoms with E-state index in [0.29, 0.717) is 0 Å². The Bertz CT molecular complexity index is 313. The quantitative estimate of drug-likeness (QED) is 0.274. The van der Waals surface area contributed by atoms with Crippen LogP contribution in [0.4, 0.5) is 0 Å². The Balaban J connectivity index is 4.64. The first kappa shape index (κ1) is 14.0. The van der Waals surface area contributed by atoms with Gasteiger partial charge in [-0.1, -0.05) is 5.16 Å². The molecule has 0 radical (unpaired) electrons. The molecule has 8 nitrogen and oxygen atoms in total. The van der Waals surface area contributed by atoms with E-state index in [0.717, 1.165) is 12.2 Å². The van der Waals surface area contributed by atoms with Crippen molar-refractivity contribution in [1.82, 2.24) is 5.32 Å². The van der Waals surface area contributed by atoms with Crippen molar-refractivity contribution in [3.8, 4) is 0 Å². The number of carbonyl (C=O) groups is 1. The summed E-state index contributed by atoms with van der Waals surface area (Å²) in [6.45, 7) is -0.129. The molecular weight excluding hydrogens is 218 g/mol. The van der Waals surface area contributed by atoms with Crippen LogP contribution < -0.4 is 5.32 Å². The van der Waals surface area contributed by atoms with Gasteiger partial charge < -0.3 is 15.3 Å². The van der Waals surface area contributed by atoms with Crippen LogP contribution in [-0.4, -0.2) is 48.6 Å². The van der Waals surface area contributed by atoms with Crippen molar-refractivity contribution in [2.45, 2.75) is 6.04 Å². The van der Waals surface area contributed by atoms with E-state index in [1.807, 2.05) is 0 Å². The summed E-state index contributed by atoms with van der Waals surface area (Å²) in [6, 6.07) is -1.09. The fourth-order valence-electron chi connectivity index (χ4n) is 0.842. The van der Waals surface area contributed by atoms with Gasteiger partial charge in [-0.05, 0) is 12.2 Å². The van der Waals surface area contributed by atoms with Crippen LogP contribution in [0.5, 0.6) is 0 Å². The lowest BCUT2D eigenvalue weighted by molar-refractivity contribution is -0.512. The maximum Gasteiger partial charge on any atom is 0.273 e. The van der Waals surface area contributed by atoms with Crippen LogP contribution >= 0.6 is 0 Å². The average Bonchev–Trinajstić information content (AvgIpc) is 2.27. The molecule has 1 amide bonds. The lowest BCUT2D eigenvalue weighted by atomic mass is 10.2. The van der Waals surface area contributed by atoms with Crippen LogP contribution in [0, 0.1) is 10.1 Å². The number of nitrogens with zero attached hydrogens (tertiary/aromatic N) is 2. The SMILES string of the molecule is CNC(=O)/C(C=CC(COC)[N+](=O)[O-])=N/O. The number of hydrogen-bond acceptors (Lipinski definition) is 6. The largest absolute Gasteiger partial charge is 0.410 e. The number of ether oxygens (including phenoxy) is 1. The third-order valence-corrected chi connectivity index (χ3v) is 1.65. The summed E-state index contributed by atoms with van der Waals surface area (Å²) in [4.78, 5) is 21.0. The molecule has 1 unspecified atom stereocenters. The van der Waals surface area contributed by atoms with Crippen molar-refractivity contribution >= 4 is 11.6 Å². The molecule has 0 aromatic carbocycles. The maximum atomic E-state index is 11.0. The van der Waals surface area contributed by atoms with Crippen LogP contribution in [0.15, 0.2) is 17.3 Å². The van der Waals surface area contributed by atoms with E-state index in [2.05, 4.69) is 15.2 Å². The van der Waals surface area contributed by atoms with Crippen LogP contribution in [0.3, 0.4) is 0 Å². The van der Waals surface area contributed by atoms with Crippen LogP contribution in [0.25, 0.3) is 0 Å². The predicted octanol–water partition coefficient (Wildman–Crippen LogP) is -0.589. The van der Waals surface area contributed by atoms with Crippen LogP contribution in [0.2, 0.25) is 0 Å². The Morgan fingerprint density at radius 1 is 1.75 bits per heavy atom. The van der Waals surface area contributed by atoms with E-state index < -0.39 is 16.9 Å². The number of amides is 1. The lowest BCUT2D eigenvalue weighted by Gasteiger charge is -2.02. The molecule has 0 rings (SSSR count). The zero-order valence-corrected chi connectivity index (χ0v) is 8.91. The fraction of sp³-hybridized carbons (Fsp3) is 0.500. The van der Waals surface area contributed by atoms with Crippen molar-refractivity contribution in [3.63, 3.8) is 0 Å². The van der Waals surface area contributed by atoms with Crippen molar-refractivity contribution in [3.05, 3.63) is 22.3 Å². The van der Waals surface area contributed by atoms with Gasteiger partial charge in [-0.3, -0.25) is 14.9 Å². The van der Waals surface area contributed by atoms with Crippen molar-refractivity contribution in [2.24, 2.45) is 5.16 Å². The molecule has 1 atom stereocenters. The highest BCUT2D eigenvalue weighted by Gasteiger charge is 2.16. The third kappa shape index (κ3) is 4.51.